The summed E-state index contributed by atoms with van der Waals surface area (Å²) in [6.45, 7) is 9.09. The number of rotatable bonds is 6. The highest BCUT2D eigenvalue weighted by atomic mass is 19.1. The van der Waals surface area contributed by atoms with Gasteiger partial charge in [0.15, 0.2) is 0 Å². The highest BCUT2D eigenvalue weighted by molar-refractivity contribution is 6.07. The number of carbonyl (C=O) groups excluding carboxylic acids is 2. The molecule has 2 aliphatic rings. The molecule has 1 N–H and O–H groups in total. The van der Waals surface area contributed by atoms with E-state index in [2.05, 4.69) is 15.3 Å². The van der Waals surface area contributed by atoms with E-state index in [9.17, 15) is 9.59 Å². The van der Waals surface area contributed by atoms with Gasteiger partial charge in [-0.25, -0.2) is 24.1 Å². The molecule has 2 fully saturated rings. The molecule has 1 atom stereocenters. The molecule has 2 amide bonds. The maximum Gasteiger partial charge on any atom is 0.410 e. The van der Waals surface area contributed by atoms with E-state index in [0.717, 1.165) is 18.4 Å². The number of fused-ring (bicyclic) bond motifs is 1. The summed E-state index contributed by atoms with van der Waals surface area (Å²) >= 11 is 0. The standard InChI is InChI=1S/C34H37FN6O4/c1-21-11-12-23-24(13-14-26(35)29(23)41-19-7-10-28(41)42)30(21)44-31-25(9-5-16-36-31)27-15-17-37-32(39-27)38-22-8-6-18-40(20-22)33(43)45-34(2,3)4/h5,9,11-17,22H,6-8,10,18-20H2,1-4H3,(H,37,38,39)/t22-/m0/s1. The minimum absolute atomic E-state index is 0.0402. The number of benzene rings is 2. The summed E-state index contributed by atoms with van der Waals surface area (Å²) in [5.41, 5.74) is 1.80. The van der Waals surface area contributed by atoms with Gasteiger partial charge in [0, 0.05) is 55.3 Å². The Morgan fingerprint density at radius 1 is 1.02 bits per heavy atom. The van der Waals surface area contributed by atoms with Crippen molar-refractivity contribution in [2.75, 3.05) is 29.9 Å². The number of aromatic nitrogens is 3. The number of hydrogen-bond acceptors (Lipinski definition) is 8. The van der Waals surface area contributed by atoms with E-state index in [0.29, 0.717) is 72.1 Å². The number of nitrogens with one attached hydrogen (secondary N) is 1. The van der Waals surface area contributed by atoms with Crippen LogP contribution in [0.1, 0.15) is 52.0 Å². The fourth-order valence-electron chi connectivity index (χ4n) is 5.85. The van der Waals surface area contributed by atoms with Crippen LogP contribution in [0.5, 0.6) is 11.6 Å². The lowest BCUT2D eigenvalue weighted by Crippen LogP contribution is -2.47. The zero-order chi connectivity index (χ0) is 31.7. The van der Waals surface area contributed by atoms with Crippen molar-refractivity contribution in [3.8, 4) is 22.9 Å². The van der Waals surface area contributed by atoms with Gasteiger partial charge < -0.3 is 24.6 Å². The minimum atomic E-state index is -0.561. The van der Waals surface area contributed by atoms with Gasteiger partial charge in [0.05, 0.1) is 16.9 Å². The molecule has 4 heterocycles. The van der Waals surface area contributed by atoms with Crippen LogP contribution in [0.3, 0.4) is 0 Å². The number of hydrogen-bond donors (Lipinski definition) is 1. The van der Waals surface area contributed by atoms with E-state index >= 15 is 4.39 Å². The first-order valence-corrected chi connectivity index (χ1v) is 15.3. The quantitative estimate of drug-likeness (QED) is 0.251. The van der Waals surface area contributed by atoms with E-state index in [1.165, 1.54) is 11.0 Å². The highest BCUT2D eigenvalue weighted by Crippen LogP contribution is 2.41. The molecule has 6 rings (SSSR count). The highest BCUT2D eigenvalue weighted by Gasteiger charge is 2.29. The van der Waals surface area contributed by atoms with Crippen LogP contribution in [-0.2, 0) is 9.53 Å². The largest absolute Gasteiger partial charge is 0.444 e. The summed E-state index contributed by atoms with van der Waals surface area (Å²) in [5, 5.41) is 4.66. The number of nitrogens with zero attached hydrogens (tertiary/aromatic N) is 5. The summed E-state index contributed by atoms with van der Waals surface area (Å²) in [4.78, 5) is 42.2. The van der Waals surface area contributed by atoms with Crippen LogP contribution < -0.4 is 15.0 Å². The SMILES string of the molecule is Cc1ccc2c(N3CCCC3=O)c(F)ccc2c1Oc1ncccc1-c1ccnc(N[C@H]2CCCN(C(=O)OC(C)(C)C)C2)n1. The molecular weight excluding hydrogens is 575 g/mol. The molecule has 4 aromatic rings. The van der Waals surface area contributed by atoms with Gasteiger partial charge in [0.25, 0.3) is 0 Å². The average Bonchev–Trinajstić information content (AvgIpc) is 3.43. The van der Waals surface area contributed by atoms with Crippen LogP contribution in [0.25, 0.3) is 22.0 Å². The number of piperidine rings is 1. The molecule has 11 heteroatoms. The normalized spacial score (nSPS) is 17.1. The summed E-state index contributed by atoms with van der Waals surface area (Å²) in [7, 11) is 0. The fourth-order valence-corrected chi connectivity index (χ4v) is 5.85. The predicted octanol–water partition coefficient (Wildman–Crippen LogP) is 6.87. The van der Waals surface area contributed by atoms with Gasteiger partial charge in [0.1, 0.15) is 17.2 Å². The molecule has 0 aliphatic carbocycles. The zero-order valence-electron chi connectivity index (χ0n) is 26.0. The molecule has 2 saturated heterocycles. The Balaban J connectivity index is 1.27. The molecule has 2 aromatic carbocycles. The van der Waals surface area contributed by atoms with Crippen LogP contribution in [0, 0.1) is 12.7 Å². The van der Waals surface area contributed by atoms with Gasteiger partial charge in [-0.3, -0.25) is 4.79 Å². The van der Waals surface area contributed by atoms with Crippen molar-refractivity contribution in [3.63, 3.8) is 0 Å². The number of pyridine rings is 1. The average molecular weight is 613 g/mol. The van der Waals surface area contributed by atoms with Crippen molar-refractivity contribution in [1.29, 1.82) is 0 Å². The fraction of sp³-hybridized carbons (Fsp3) is 0.382. The van der Waals surface area contributed by atoms with E-state index in [1.807, 2.05) is 45.9 Å². The van der Waals surface area contributed by atoms with E-state index in [1.54, 1.807) is 35.5 Å². The summed E-state index contributed by atoms with van der Waals surface area (Å²) in [5.74, 6) is 0.747. The number of carbonyl (C=O) groups is 2. The summed E-state index contributed by atoms with van der Waals surface area (Å²) < 4.78 is 27.2. The van der Waals surface area contributed by atoms with Gasteiger partial charge in [-0.1, -0.05) is 12.1 Å². The third kappa shape index (κ3) is 6.52. The molecule has 0 saturated carbocycles. The van der Waals surface area contributed by atoms with Crippen molar-refractivity contribution in [1.82, 2.24) is 19.9 Å². The van der Waals surface area contributed by atoms with Gasteiger partial charge >= 0.3 is 6.09 Å². The van der Waals surface area contributed by atoms with Gasteiger partial charge in [-0.15, -0.1) is 0 Å². The monoisotopic (exact) mass is 612 g/mol. The van der Waals surface area contributed by atoms with E-state index in [4.69, 9.17) is 14.5 Å². The van der Waals surface area contributed by atoms with Crippen molar-refractivity contribution < 1.29 is 23.5 Å². The number of aryl methyl sites for hydroxylation is 1. The first-order chi connectivity index (χ1) is 21.6. The number of ether oxygens (including phenoxy) is 2. The molecule has 2 aromatic heterocycles. The third-order valence-electron chi connectivity index (χ3n) is 7.92. The number of amides is 2. The minimum Gasteiger partial charge on any atom is -0.444 e. The molecule has 2 aliphatic heterocycles. The molecule has 45 heavy (non-hydrogen) atoms. The van der Waals surface area contributed by atoms with Gasteiger partial charge in [-0.2, -0.15) is 0 Å². The molecule has 0 unspecified atom stereocenters. The second-order valence-electron chi connectivity index (χ2n) is 12.5. The van der Waals surface area contributed by atoms with E-state index in [-0.39, 0.29) is 23.7 Å². The molecule has 0 spiro atoms. The number of anilines is 2. The maximum absolute atomic E-state index is 15.1. The van der Waals surface area contributed by atoms with Crippen molar-refractivity contribution in [3.05, 3.63) is 66.2 Å². The Hall–Kier alpha value is -4.80. The second kappa shape index (κ2) is 12.3. The molecule has 0 bridgehead atoms. The van der Waals surface area contributed by atoms with E-state index < -0.39 is 11.4 Å². The Morgan fingerprint density at radius 3 is 2.62 bits per heavy atom. The maximum atomic E-state index is 15.1. The lowest BCUT2D eigenvalue weighted by molar-refractivity contribution is -0.117. The number of halogens is 1. The summed E-state index contributed by atoms with van der Waals surface area (Å²) in [6, 6.07) is 12.2. The first kappa shape index (κ1) is 30.2. The van der Waals surface area contributed by atoms with Crippen LogP contribution in [-0.4, -0.2) is 63.1 Å². The molecular formula is C34H37FN6O4. The predicted molar refractivity (Wildman–Crippen MR) is 170 cm³/mol. The molecule has 0 radical (unpaired) electrons. The zero-order valence-corrected chi connectivity index (χ0v) is 26.0. The number of likely N-dealkylation sites (tertiary alicyclic amines) is 1. The third-order valence-corrected chi connectivity index (χ3v) is 7.92. The smallest absolute Gasteiger partial charge is 0.410 e. The molecule has 10 nitrogen and oxygen atoms in total. The second-order valence-corrected chi connectivity index (χ2v) is 12.5. The van der Waals surface area contributed by atoms with Crippen molar-refractivity contribution in [2.24, 2.45) is 0 Å². The Labute approximate surface area is 261 Å². The lowest BCUT2D eigenvalue weighted by Gasteiger charge is -2.34. The van der Waals surface area contributed by atoms with Gasteiger partial charge in [0.2, 0.25) is 17.7 Å². The van der Waals surface area contributed by atoms with Crippen molar-refractivity contribution >= 4 is 34.4 Å². The Bertz CT molecular complexity index is 1760. The topological polar surface area (TPSA) is 110 Å². The lowest BCUT2D eigenvalue weighted by atomic mass is 10.0. The summed E-state index contributed by atoms with van der Waals surface area (Å²) in [6.07, 6.45) is 5.77. The Morgan fingerprint density at radius 2 is 1.84 bits per heavy atom. The Kier molecular flexibility index (Phi) is 8.26. The van der Waals surface area contributed by atoms with Crippen LogP contribution >= 0.6 is 0 Å². The first-order valence-electron chi connectivity index (χ1n) is 15.3. The van der Waals surface area contributed by atoms with Crippen LogP contribution in [0.15, 0.2) is 54.9 Å². The van der Waals surface area contributed by atoms with Gasteiger partial charge in [-0.05, 0) is 82.9 Å². The molecule has 234 valence electrons. The van der Waals surface area contributed by atoms with Crippen LogP contribution in [0.2, 0.25) is 0 Å². The van der Waals surface area contributed by atoms with Crippen LogP contribution in [0.4, 0.5) is 20.8 Å². The van der Waals surface area contributed by atoms with Crippen molar-refractivity contribution in [2.45, 2.75) is 65.0 Å².